The molecule has 0 radical (unpaired) electrons. The highest BCUT2D eigenvalue weighted by Gasteiger charge is 2.08. The first-order valence-electron chi connectivity index (χ1n) is 9.95. The zero-order chi connectivity index (χ0) is 20.4. The van der Waals surface area contributed by atoms with E-state index in [1.165, 1.54) is 0 Å². The Morgan fingerprint density at radius 1 is 1.07 bits per heavy atom. The Morgan fingerprint density at radius 3 is 2.32 bits per heavy atom. The number of aliphatic hydroxyl groups is 2. The van der Waals surface area contributed by atoms with Gasteiger partial charge in [0, 0.05) is 38.2 Å². The van der Waals surface area contributed by atoms with E-state index in [0.29, 0.717) is 32.1 Å². The van der Waals surface area contributed by atoms with E-state index >= 15 is 0 Å². The number of nitrogens with two attached hydrogens (primary N) is 1. The van der Waals surface area contributed by atoms with Gasteiger partial charge in [-0.3, -0.25) is 4.90 Å². The van der Waals surface area contributed by atoms with E-state index in [0.717, 1.165) is 35.5 Å². The van der Waals surface area contributed by atoms with Crippen molar-refractivity contribution in [1.82, 2.24) is 14.9 Å². The molecule has 1 aromatic heterocycles. The summed E-state index contributed by atoms with van der Waals surface area (Å²) in [4.78, 5) is 10.7. The lowest BCUT2D eigenvalue weighted by molar-refractivity contribution is 0.156. The molecule has 0 amide bonds. The molecule has 1 heterocycles. The lowest BCUT2D eigenvalue weighted by Gasteiger charge is -2.20. The first-order chi connectivity index (χ1) is 13.5. The van der Waals surface area contributed by atoms with Gasteiger partial charge in [-0.25, -0.2) is 4.98 Å². The van der Waals surface area contributed by atoms with Crippen molar-refractivity contribution in [3.63, 3.8) is 0 Å². The molecule has 0 aliphatic rings. The highest BCUT2D eigenvalue weighted by molar-refractivity contribution is 5.42. The fourth-order valence-electron chi connectivity index (χ4n) is 3.22. The van der Waals surface area contributed by atoms with Crippen LogP contribution < -0.4 is 11.1 Å². The van der Waals surface area contributed by atoms with E-state index in [9.17, 15) is 0 Å². The maximum Gasteiger partial charge on any atom is 0.222 e. The van der Waals surface area contributed by atoms with Crippen LogP contribution in [0.3, 0.4) is 0 Å². The molecule has 0 fully saturated rings. The summed E-state index contributed by atoms with van der Waals surface area (Å²) in [7, 11) is 0. The second kappa shape index (κ2) is 11.6. The summed E-state index contributed by atoms with van der Waals surface area (Å²) in [5, 5.41) is 21.6. The van der Waals surface area contributed by atoms with Crippen molar-refractivity contribution in [2.75, 3.05) is 37.4 Å². The first kappa shape index (κ1) is 22.1. The summed E-state index contributed by atoms with van der Waals surface area (Å²) in [6.45, 7) is 6.27. The van der Waals surface area contributed by atoms with E-state index < -0.39 is 0 Å². The van der Waals surface area contributed by atoms with Gasteiger partial charge in [0.25, 0.3) is 0 Å². The molecule has 7 heteroatoms. The third-order valence-corrected chi connectivity index (χ3v) is 4.56. The summed E-state index contributed by atoms with van der Waals surface area (Å²) in [5.74, 6) is 1.05. The maximum atomic E-state index is 9.13. The van der Waals surface area contributed by atoms with E-state index in [1.807, 2.05) is 11.0 Å². The smallest absolute Gasteiger partial charge is 0.222 e. The molecule has 1 atom stereocenters. The fraction of sp³-hybridized carbons (Fsp3) is 0.524. The molecule has 1 aromatic carbocycles. The second-order valence-corrected chi connectivity index (χ2v) is 7.15. The van der Waals surface area contributed by atoms with Gasteiger partial charge in [0.1, 0.15) is 5.82 Å². The van der Waals surface area contributed by atoms with Gasteiger partial charge in [0.05, 0.1) is 18.9 Å². The second-order valence-electron chi connectivity index (χ2n) is 7.15. The van der Waals surface area contributed by atoms with Crippen molar-refractivity contribution in [2.24, 2.45) is 0 Å². The Morgan fingerprint density at radius 2 is 1.71 bits per heavy atom. The monoisotopic (exact) mass is 387 g/mol. The number of anilines is 2. The number of hydrogen-bond acceptors (Lipinski definition) is 7. The molecule has 0 aliphatic carbocycles. The number of nitrogens with zero attached hydrogens (tertiary/aromatic N) is 3. The Balaban J connectivity index is 2.02. The van der Waals surface area contributed by atoms with Crippen LogP contribution in [0, 0.1) is 0 Å². The Hall–Kier alpha value is -2.22. The molecular weight excluding hydrogens is 354 g/mol. The molecule has 5 N–H and O–H groups in total. The number of benzene rings is 1. The molecule has 28 heavy (non-hydrogen) atoms. The van der Waals surface area contributed by atoms with Crippen molar-refractivity contribution in [2.45, 2.75) is 45.7 Å². The largest absolute Gasteiger partial charge is 0.395 e. The quantitative estimate of drug-likeness (QED) is 0.441. The van der Waals surface area contributed by atoms with Gasteiger partial charge in [0.15, 0.2) is 0 Å². The van der Waals surface area contributed by atoms with Crippen LogP contribution in [0.4, 0.5) is 11.8 Å². The van der Waals surface area contributed by atoms with E-state index in [4.69, 9.17) is 15.9 Å². The highest BCUT2D eigenvalue weighted by Crippen LogP contribution is 2.16. The Kier molecular flexibility index (Phi) is 9.13. The van der Waals surface area contributed by atoms with Gasteiger partial charge in [-0.2, -0.15) is 4.98 Å². The third kappa shape index (κ3) is 7.42. The number of hydrogen-bond donors (Lipinski definition) is 4. The van der Waals surface area contributed by atoms with E-state index in [2.05, 4.69) is 53.4 Å². The maximum absolute atomic E-state index is 9.13. The van der Waals surface area contributed by atoms with E-state index in [-0.39, 0.29) is 19.2 Å². The van der Waals surface area contributed by atoms with Crippen LogP contribution in [0.5, 0.6) is 0 Å². The number of aromatic nitrogens is 2. The minimum atomic E-state index is 0.0838. The molecular formula is C21H33N5O2. The fourth-order valence-corrected chi connectivity index (χ4v) is 3.22. The standard InChI is InChI=1S/C21H33N5O2/c1-3-4-16(2)23-20-14-19(24-21(22)25-20)13-17-5-7-18(8-6-17)15-26(9-11-27)10-12-28/h5-8,14,16,27-28H,3-4,9-13,15H2,1-2H3,(H3,22,23,24,25)/t16-/m1/s1. The summed E-state index contributed by atoms with van der Waals surface area (Å²) >= 11 is 0. The topological polar surface area (TPSA) is 108 Å². The van der Waals surface area contributed by atoms with Crippen molar-refractivity contribution in [1.29, 1.82) is 0 Å². The Labute approximate surface area is 167 Å². The molecule has 0 saturated heterocycles. The number of aliphatic hydroxyl groups excluding tert-OH is 2. The molecule has 154 valence electrons. The predicted octanol–water partition coefficient (Wildman–Crippen LogP) is 2.04. The predicted molar refractivity (Wildman–Crippen MR) is 113 cm³/mol. The average molecular weight is 388 g/mol. The van der Waals surface area contributed by atoms with Gasteiger partial charge < -0.3 is 21.3 Å². The van der Waals surface area contributed by atoms with Gasteiger partial charge >= 0.3 is 0 Å². The van der Waals surface area contributed by atoms with Crippen LogP contribution in [0.15, 0.2) is 30.3 Å². The molecule has 0 spiro atoms. The Bertz CT molecular complexity index is 702. The van der Waals surface area contributed by atoms with Crippen molar-refractivity contribution < 1.29 is 10.2 Å². The van der Waals surface area contributed by atoms with Crippen LogP contribution >= 0.6 is 0 Å². The van der Waals surface area contributed by atoms with Crippen LogP contribution in [-0.4, -0.2) is 57.4 Å². The molecule has 2 aromatic rings. The lowest BCUT2D eigenvalue weighted by Crippen LogP contribution is -2.29. The molecule has 7 nitrogen and oxygen atoms in total. The van der Waals surface area contributed by atoms with Crippen LogP contribution in [0.1, 0.15) is 43.5 Å². The summed E-state index contributed by atoms with van der Waals surface area (Å²) < 4.78 is 0. The molecule has 0 saturated carbocycles. The average Bonchev–Trinajstić information content (AvgIpc) is 2.63. The van der Waals surface area contributed by atoms with Crippen LogP contribution in [-0.2, 0) is 13.0 Å². The van der Waals surface area contributed by atoms with Gasteiger partial charge in [-0.05, 0) is 24.5 Å². The number of nitrogen functional groups attached to an aromatic ring is 1. The molecule has 2 rings (SSSR count). The van der Waals surface area contributed by atoms with Gasteiger partial charge in [0.2, 0.25) is 5.95 Å². The first-order valence-corrected chi connectivity index (χ1v) is 9.95. The minimum absolute atomic E-state index is 0.0838. The molecule has 0 bridgehead atoms. The summed E-state index contributed by atoms with van der Waals surface area (Å²) in [6.07, 6.45) is 2.87. The van der Waals surface area contributed by atoms with Crippen molar-refractivity contribution in [3.8, 4) is 0 Å². The summed E-state index contributed by atoms with van der Waals surface area (Å²) in [5.41, 5.74) is 9.06. The molecule has 0 unspecified atom stereocenters. The van der Waals surface area contributed by atoms with Gasteiger partial charge in [-0.15, -0.1) is 0 Å². The zero-order valence-electron chi connectivity index (χ0n) is 16.9. The normalized spacial score (nSPS) is 12.3. The van der Waals surface area contributed by atoms with Crippen LogP contribution in [0.25, 0.3) is 0 Å². The lowest BCUT2D eigenvalue weighted by atomic mass is 10.1. The highest BCUT2D eigenvalue weighted by atomic mass is 16.3. The van der Waals surface area contributed by atoms with Gasteiger partial charge in [-0.1, -0.05) is 37.6 Å². The van der Waals surface area contributed by atoms with Crippen molar-refractivity contribution >= 4 is 11.8 Å². The number of rotatable bonds is 12. The third-order valence-electron chi connectivity index (χ3n) is 4.56. The zero-order valence-corrected chi connectivity index (χ0v) is 16.9. The minimum Gasteiger partial charge on any atom is -0.395 e. The van der Waals surface area contributed by atoms with Crippen LogP contribution in [0.2, 0.25) is 0 Å². The molecule has 0 aliphatic heterocycles. The number of nitrogens with one attached hydrogen (secondary N) is 1. The SMILES string of the molecule is CCC[C@@H](C)Nc1cc(Cc2ccc(CN(CCO)CCO)cc2)nc(N)n1. The van der Waals surface area contributed by atoms with E-state index in [1.54, 1.807) is 0 Å². The summed E-state index contributed by atoms with van der Waals surface area (Å²) in [6, 6.07) is 10.6. The van der Waals surface area contributed by atoms with Crippen molar-refractivity contribution in [3.05, 3.63) is 47.2 Å².